The van der Waals surface area contributed by atoms with Gasteiger partial charge in [0.15, 0.2) is 5.89 Å². The summed E-state index contributed by atoms with van der Waals surface area (Å²) in [5.74, 6) is 0.620. The van der Waals surface area contributed by atoms with Gasteiger partial charge in [-0.05, 0) is 56.2 Å². The van der Waals surface area contributed by atoms with Crippen molar-refractivity contribution in [3.05, 3.63) is 52.2 Å². The SMILES string of the molecule is Cc1nc(C)c(C(=O)NC(C)c2ccc3c(c2)CCCC3)o1. The lowest BCUT2D eigenvalue weighted by Crippen LogP contribution is -2.27. The van der Waals surface area contributed by atoms with Gasteiger partial charge in [0.1, 0.15) is 0 Å². The molecule has 1 aromatic carbocycles. The Labute approximate surface area is 130 Å². The first-order chi connectivity index (χ1) is 10.5. The van der Waals surface area contributed by atoms with Gasteiger partial charge in [0, 0.05) is 6.92 Å². The molecule has 3 rings (SSSR count). The van der Waals surface area contributed by atoms with Crippen LogP contribution in [0.1, 0.15) is 64.6 Å². The molecule has 1 amide bonds. The normalized spacial score (nSPS) is 15.2. The van der Waals surface area contributed by atoms with Gasteiger partial charge in [-0.15, -0.1) is 0 Å². The van der Waals surface area contributed by atoms with Crippen molar-refractivity contribution in [3.63, 3.8) is 0 Å². The van der Waals surface area contributed by atoms with E-state index < -0.39 is 0 Å². The predicted octanol–water partition coefficient (Wildman–Crippen LogP) is 3.66. The van der Waals surface area contributed by atoms with Crippen LogP contribution in [0.15, 0.2) is 22.6 Å². The molecule has 1 aromatic heterocycles. The second-order valence-electron chi connectivity index (χ2n) is 6.08. The highest BCUT2D eigenvalue weighted by Gasteiger charge is 2.19. The van der Waals surface area contributed by atoms with Gasteiger partial charge in [-0.25, -0.2) is 4.98 Å². The quantitative estimate of drug-likeness (QED) is 0.940. The number of benzene rings is 1. The third-order valence-corrected chi connectivity index (χ3v) is 4.33. The van der Waals surface area contributed by atoms with Crippen LogP contribution < -0.4 is 5.32 Å². The third-order valence-electron chi connectivity index (χ3n) is 4.33. The molecule has 1 N–H and O–H groups in total. The van der Waals surface area contributed by atoms with Gasteiger partial charge in [-0.3, -0.25) is 4.79 Å². The van der Waals surface area contributed by atoms with Crippen molar-refractivity contribution in [1.82, 2.24) is 10.3 Å². The minimum absolute atomic E-state index is 0.0514. The molecule has 0 aliphatic heterocycles. The average Bonchev–Trinajstić information content (AvgIpc) is 2.85. The molecule has 0 bridgehead atoms. The molecule has 1 atom stereocenters. The van der Waals surface area contributed by atoms with Gasteiger partial charge >= 0.3 is 0 Å². The fourth-order valence-corrected chi connectivity index (χ4v) is 3.11. The summed E-state index contributed by atoms with van der Waals surface area (Å²) in [5, 5.41) is 3.00. The number of nitrogens with one attached hydrogen (secondary N) is 1. The van der Waals surface area contributed by atoms with E-state index in [0.717, 1.165) is 12.0 Å². The smallest absolute Gasteiger partial charge is 0.289 e. The maximum Gasteiger partial charge on any atom is 0.289 e. The number of hydrogen-bond donors (Lipinski definition) is 1. The molecule has 22 heavy (non-hydrogen) atoms. The highest BCUT2D eigenvalue weighted by atomic mass is 16.4. The zero-order valence-electron chi connectivity index (χ0n) is 13.4. The molecule has 1 aliphatic rings. The minimum Gasteiger partial charge on any atom is -0.436 e. The maximum absolute atomic E-state index is 12.3. The van der Waals surface area contributed by atoms with Crippen LogP contribution in [-0.4, -0.2) is 10.9 Å². The van der Waals surface area contributed by atoms with Crippen LogP contribution in [0.5, 0.6) is 0 Å². The molecule has 1 unspecified atom stereocenters. The Morgan fingerprint density at radius 2 is 1.95 bits per heavy atom. The Morgan fingerprint density at radius 1 is 1.23 bits per heavy atom. The lowest BCUT2D eigenvalue weighted by molar-refractivity contribution is 0.0909. The lowest BCUT2D eigenvalue weighted by atomic mass is 9.89. The molecule has 0 radical (unpaired) electrons. The molecule has 4 heteroatoms. The fraction of sp³-hybridized carbons (Fsp3) is 0.444. The van der Waals surface area contributed by atoms with E-state index in [1.54, 1.807) is 13.8 Å². The Hall–Kier alpha value is -2.10. The average molecular weight is 298 g/mol. The lowest BCUT2D eigenvalue weighted by Gasteiger charge is -2.19. The summed E-state index contributed by atoms with van der Waals surface area (Å²) in [6.07, 6.45) is 4.85. The minimum atomic E-state index is -0.205. The van der Waals surface area contributed by atoms with Gasteiger partial charge in [-0.2, -0.15) is 0 Å². The van der Waals surface area contributed by atoms with Crippen molar-refractivity contribution >= 4 is 5.91 Å². The Bertz CT molecular complexity index is 703. The summed E-state index contributed by atoms with van der Waals surface area (Å²) >= 11 is 0. The molecule has 0 saturated heterocycles. The molecule has 116 valence electrons. The Kier molecular flexibility index (Phi) is 4.01. The van der Waals surface area contributed by atoms with Crippen molar-refractivity contribution in [3.8, 4) is 0 Å². The second kappa shape index (κ2) is 5.95. The van der Waals surface area contributed by atoms with Crippen LogP contribution in [0, 0.1) is 13.8 Å². The maximum atomic E-state index is 12.3. The Balaban J connectivity index is 1.75. The molecule has 0 spiro atoms. The van der Waals surface area contributed by atoms with Gasteiger partial charge in [0.2, 0.25) is 5.76 Å². The van der Waals surface area contributed by atoms with E-state index in [4.69, 9.17) is 4.42 Å². The van der Waals surface area contributed by atoms with E-state index in [1.165, 1.54) is 30.4 Å². The van der Waals surface area contributed by atoms with Crippen molar-refractivity contribution in [2.75, 3.05) is 0 Å². The van der Waals surface area contributed by atoms with E-state index in [9.17, 15) is 4.79 Å². The van der Waals surface area contributed by atoms with Gasteiger partial charge < -0.3 is 9.73 Å². The number of carbonyl (C=O) groups is 1. The van der Waals surface area contributed by atoms with E-state index >= 15 is 0 Å². The van der Waals surface area contributed by atoms with Gasteiger partial charge in [-0.1, -0.05) is 18.2 Å². The van der Waals surface area contributed by atoms with Gasteiger partial charge in [0.05, 0.1) is 11.7 Å². The Morgan fingerprint density at radius 3 is 2.64 bits per heavy atom. The van der Waals surface area contributed by atoms with E-state index in [-0.39, 0.29) is 11.9 Å². The first-order valence-electron chi connectivity index (χ1n) is 7.91. The summed E-state index contributed by atoms with van der Waals surface area (Å²) in [4.78, 5) is 16.4. The molecular formula is C18H22N2O2. The zero-order chi connectivity index (χ0) is 15.7. The van der Waals surface area contributed by atoms with Crippen molar-refractivity contribution in [1.29, 1.82) is 0 Å². The molecule has 1 heterocycles. The van der Waals surface area contributed by atoms with Crippen LogP contribution in [0.25, 0.3) is 0 Å². The number of amides is 1. The second-order valence-corrected chi connectivity index (χ2v) is 6.08. The first kappa shape index (κ1) is 14.8. The number of rotatable bonds is 3. The number of oxazole rings is 1. The van der Waals surface area contributed by atoms with Gasteiger partial charge in [0.25, 0.3) is 5.91 Å². The third kappa shape index (κ3) is 2.91. The summed E-state index contributed by atoms with van der Waals surface area (Å²) in [6, 6.07) is 6.51. The van der Waals surface area contributed by atoms with Crippen LogP contribution in [0.3, 0.4) is 0 Å². The molecular weight excluding hydrogens is 276 g/mol. The highest BCUT2D eigenvalue weighted by Crippen LogP contribution is 2.25. The molecule has 0 saturated carbocycles. The van der Waals surface area contributed by atoms with Crippen molar-refractivity contribution in [2.45, 2.75) is 52.5 Å². The number of aromatic nitrogens is 1. The highest BCUT2D eigenvalue weighted by molar-refractivity contribution is 5.92. The summed E-state index contributed by atoms with van der Waals surface area (Å²) < 4.78 is 5.38. The van der Waals surface area contributed by atoms with Crippen molar-refractivity contribution in [2.24, 2.45) is 0 Å². The zero-order valence-corrected chi connectivity index (χ0v) is 13.4. The van der Waals surface area contributed by atoms with Crippen LogP contribution in [0.2, 0.25) is 0 Å². The van der Waals surface area contributed by atoms with E-state index in [1.807, 2.05) is 6.92 Å². The summed E-state index contributed by atoms with van der Waals surface area (Å²) in [5.41, 5.74) is 4.65. The standard InChI is InChI=1S/C18H22N2O2/c1-11(20-18(21)17-12(2)19-13(3)22-17)15-9-8-14-6-4-5-7-16(14)10-15/h8-11H,4-7H2,1-3H3,(H,20,21). The topological polar surface area (TPSA) is 55.1 Å². The predicted molar refractivity (Wildman–Crippen MR) is 84.9 cm³/mol. The number of nitrogens with zero attached hydrogens (tertiary/aromatic N) is 1. The van der Waals surface area contributed by atoms with E-state index in [2.05, 4.69) is 28.5 Å². The fourth-order valence-electron chi connectivity index (χ4n) is 3.11. The monoisotopic (exact) mass is 298 g/mol. The number of aryl methyl sites for hydroxylation is 4. The van der Waals surface area contributed by atoms with Crippen molar-refractivity contribution < 1.29 is 9.21 Å². The largest absolute Gasteiger partial charge is 0.436 e. The van der Waals surface area contributed by atoms with Crippen LogP contribution >= 0.6 is 0 Å². The van der Waals surface area contributed by atoms with E-state index in [0.29, 0.717) is 17.3 Å². The molecule has 4 nitrogen and oxygen atoms in total. The molecule has 2 aromatic rings. The summed E-state index contributed by atoms with van der Waals surface area (Å²) in [7, 11) is 0. The number of fused-ring (bicyclic) bond motifs is 1. The van der Waals surface area contributed by atoms with Crippen LogP contribution in [-0.2, 0) is 12.8 Å². The molecule has 0 fully saturated rings. The summed E-state index contributed by atoms with van der Waals surface area (Å²) in [6.45, 7) is 5.53. The van der Waals surface area contributed by atoms with Crippen LogP contribution in [0.4, 0.5) is 0 Å². The number of carbonyl (C=O) groups excluding carboxylic acids is 1. The number of hydrogen-bond acceptors (Lipinski definition) is 3. The molecule has 1 aliphatic carbocycles. The first-order valence-corrected chi connectivity index (χ1v) is 7.91.